The van der Waals surface area contributed by atoms with Crippen LogP contribution < -0.4 is 5.73 Å². The quantitative estimate of drug-likeness (QED) is 0.604. The van der Waals surface area contributed by atoms with Gasteiger partial charge in [0.05, 0.1) is 6.42 Å². The Kier molecular flexibility index (Phi) is 5.27. The molecule has 3 nitrogen and oxygen atoms in total. The van der Waals surface area contributed by atoms with E-state index in [-0.39, 0.29) is 5.91 Å². The number of nitrogens with zero attached hydrogens (tertiary/aromatic N) is 1. The summed E-state index contributed by atoms with van der Waals surface area (Å²) < 4.78 is 0. The van der Waals surface area contributed by atoms with Gasteiger partial charge in [0.1, 0.15) is 0 Å². The number of hydrogen-bond acceptors (Lipinski definition) is 2. The Hall–Kier alpha value is -1.77. The van der Waals surface area contributed by atoms with E-state index in [1.165, 1.54) is 0 Å². The van der Waals surface area contributed by atoms with Gasteiger partial charge in [0, 0.05) is 18.8 Å². The monoisotopic (exact) mass is 232 g/mol. The van der Waals surface area contributed by atoms with Crippen LogP contribution in [0.3, 0.4) is 0 Å². The predicted octanol–water partition coefficient (Wildman–Crippen LogP) is 2.24. The van der Waals surface area contributed by atoms with Crippen molar-refractivity contribution < 1.29 is 4.79 Å². The molecule has 0 heterocycles. The van der Waals surface area contributed by atoms with Crippen molar-refractivity contribution in [1.29, 1.82) is 0 Å². The summed E-state index contributed by atoms with van der Waals surface area (Å²) in [4.78, 5) is 13.8. The molecule has 0 atom stereocenters. The van der Waals surface area contributed by atoms with Crippen molar-refractivity contribution in [3.05, 3.63) is 42.5 Å². The standard InChI is InChI=1S/C14H20N2O/c1-3-9-16(10-4-2)14(17)11-12-5-7-13(15)8-6-12/h3,5-8H,1,4,9-11,15H2,2H3. The van der Waals surface area contributed by atoms with Gasteiger partial charge in [-0.25, -0.2) is 0 Å². The number of nitrogens with two attached hydrogens (primary N) is 1. The molecule has 1 aromatic carbocycles. The smallest absolute Gasteiger partial charge is 0.227 e. The lowest BCUT2D eigenvalue weighted by Gasteiger charge is -2.20. The van der Waals surface area contributed by atoms with Gasteiger partial charge in [-0.3, -0.25) is 4.79 Å². The van der Waals surface area contributed by atoms with Crippen LogP contribution in [0.5, 0.6) is 0 Å². The zero-order valence-corrected chi connectivity index (χ0v) is 10.4. The summed E-state index contributed by atoms with van der Waals surface area (Å²) in [7, 11) is 0. The molecule has 0 aliphatic heterocycles. The Morgan fingerprint density at radius 3 is 2.59 bits per heavy atom. The first-order valence-corrected chi connectivity index (χ1v) is 5.90. The average molecular weight is 232 g/mol. The topological polar surface area (TPSA) is 46.3 Å². The second-order valence-corrected chi connectivity index (χ2v) is 4.05. The van der Waals surface area contributed by atoms with Crippen LogP contribution in [0.25, 0.3) is 0 Å². The third kappa shape index (κ3) is 4.31. The summed E-state index contributed by atoms with van der Waals surface area (Å²) in [5, 5.41) is 0. The van der Waals surface area contributed by atoms with E-state index in [1.54, 1.807) is 6.08 Å². The molecule has 0 aromatic heterocycles. The molecule has 0 aliphatic carbocycles. The van der Waals surface area contributed by atoms with Crippen molar-refractivity contribution in [2.45, 2.75) is 19.8 Å². The van der Waals surface area contributed by atoms with Gasteiger partial charge in [-0.05, 0) is 24.1 Å². The molecule has 0 fully saturated rings. The summed E-state index contributed by atoms with van der Waals surface area (Å²) in [5.74, 6) is 0.136. The maximum atomic E-state index is 12.0. The molecule has 2 N–H and O–H groups in total. The maximum Gasteiger partial charge on any atom is 0.227 e. The zero-order chi connectivity index (χ0) is 12.7. The molecule has 0 saturated carbocycles. The Balaban J connectivity index is 2.62. The highest BCUT2D eigenvalue weighted by molar-refractivity contribution is 5.79. The number of anilines is 1. The molecule has 1 aromatic rings. The highest BCUT2D eigenvalue weighted by atomic mass is 16.2. The van der Waals surface area contributed by atoms with Gasteiger partial charge in [-0.1, -0.05) is 25.1 Å². The molecule has 0 saturated heterocycles. The molecular weight excluding hydrogens is 212 g/mol. The summed E-state index contributed by atoms with van der Waals surface area (Å²) in [5.41, 5.74) is 7.32. The van der Waals surface area contributed by atoms with E-state index in [0.717, 1.165) is 24.2 Å². The van der Waals surface area contributed by atoms with E-state index in [1.807, 2.05) is 29.2 Å². The van der Waals surface area contributed by atoms with Crippen molar-refractivity contribution in [3.63, 3.8) is 0 Å². The minimum absolute atomic E-state index is 0.136. The van der Waals surface area contributed by atoms with Crippen molar-refractivity contribution in [3.8, 4) is 0 Å². The van der Waals surface area contributed by atoms with Gasteiger partial charge in [0.25, 0.3) is 0 Å². The molecule has 0 spiro atoms. The zero-order valence-electron chi connectivity index (χ0n) is 10.4. The van der Waals surface area contributed by atoms with Gasteiger partial charge in [0.15, 0.2) is 0 Å². The lowest BCUT2D eigenvalue weighted by Crippen LogP contribution is -2.33. The van der Waals surface area contributed by atoms with Gasteiger partial charge in [0.2, 0.25) is 5.91 Å². The number of rotatable bonds is 6. The van der Waals surface area contributed by atoms with E-state index < -0.39 is 0 Å². The number of hydrogen-bond donors (Lipinski definition) is 1. The van der Waals surface area contributed by atoms with E-state index in [2.05, 4.69) is 13.5 Å². The number of carbonyl (C=O) groups is 1. The fourth-order valence-corrected chi connectivity index (χ4v) is 1.67. The molecule has 17 heavy (non-hydrogen) atoms. The van der Waals surface area contributed by atoms with Crippen LogP contribution in [-0.4, -0.2) is 23.9 Å². The molecule has 92 valence electrons. The van der Waals surface area contributed by atoms with E-state index in [4.69, 9.17) is 5.73 Å². The predicted molar refractivity (Wildman–Crippen MR) is 71.6 cm³/mol. The molecule has 0 bridgehead atoms. The first kappa shape index (κ1) is 13.3. The van der Waals surface area contributed by atoms with Gasteiger partial charge in [-0.15, -0.1) is 6.58 Å². The molecule has 0 unspecified atom stereocenters. The van der Waals surface area contributed by atoms with E-state index in [9.17, 15) is 4.79 Å². The summed E-state index contributed by atoms with van der Waals surface area (Å²) in [6.07, 6.45) is 3.14. The molecule has 3 heteroatoms. The summed E-state index contributed by atoms with van der Waals surface area (Å²) in [6, 6.07) is 7.43. The first-order chi connectivity index (χ1) is 8.17. The first-order valence-electron chi connectivity index (χ1n) is 5.90. The van der Waals surface area contributed by atoms with Crippen LogP contribution in [0.15, 0.2) is 36.9 Å². The fraction of sp³-hybridized carbons (Fsp3) is 0.357. The Morgan fingerprint density at radius 1 is 1.41 bits per heavy atom. The lowest BCUT2D eigenvalue weighted by atomic mass is 10.1. The highest BCUT2D eigenvalue weighted by Crippen LogP contribution is 2.08. The Labute approximate surface area is 103 Å². The van der Waals surface area contributed by atoms with Crippen LogP contribution >= 0.6 is 0 Å². The van der Waals surface area contributed by atoms with E-state index >= 15 is 0 Å². The maximum absolute atomic E-state index is 12.0. The Morgan fingerprint density at radius 2 is 2.06 bits per heavy atom. The van der Waals surface area contributed by atoms with Crippen LogP contribution in [0, 0.1) is 0 Å². The average Bonchev–Trinajstić information content (AvgIpc) is 2.32. The third-order valence-corrected chi connectivity index (χ3v) is 2.53. The van der Waals surface area contributed by atoms with Crippen molar-refractivity contribution >= 4 is 11.6 Å². The van der Waals surface area contributed by atoms with Crippen molar-refractivity contribution in [2.75, 3.05) is 18.8 Å². The molecule has 0 aliphatic rings. The van der Waals surface area contributed by atoms with Crippen molar-refractivity contribution in [1.82, 2.24) is 4.90 Å². The Bertz CT molecular complexity index is 370. The minimum Gasteiger partial charge on any atom is -0.399 e. The number of amides is 1. The van der Waals surface area contributed by atoms with Gasteiger partial charge in [-0.2, -0.15) is 0 Å². The highest BCUT2D eigenvalue weighted by Gasteiger charge is 2.11. The number of benzene rings is 1. The number of nitrogen functional groups attached to an aromatic ring is 1. The largest absolute Gasteiger partial charge is 0.399 e. The normalized spacial score (nSPS) is 9.94. The van der Waals surface area contributed by atoms with Crippen LogP contribution in [0.4, 0.5) is 5.69 Å². The molecule has 1 amide bonds. The van der Waals surface area contributed by atoms with E-state index in [0.29, 0.717) is 13.0 Å². The molecule has 1 rings (SSSR count). The summed E-state index contributed by atoms with van der Waals surface area (Å²) >= 11 is 0. The van der Waals surface area contributed by atoms with Crippen LogP contribution in [-0.2, 0) is 11.2 Å². The van der Waals surface area contributed by atoms with Crippen LogP contribution in [0.2, 0.25) is 0 Å². The van der Waals surface area contributed by atoms with Gasteiger partial charge >= 0.3 is 0 Å². The van der Waals surface area contributed by atoms with Crippen LogP contribution in [0.1, 0.15) is 18.9 Å². The second kappa shape index (κ2) is 6.74. The SMILES string of the molecule is C=CCN(CCC)C(=O)Cc1ccc(N)cc1. The summed E-state index contributed by atoms with van der Waals surface area (Å²) in [6.45, 7) is 7.13. The minimum atomic E-state index is 0.136. The molecule has 0 radical (unpaired) electrons. The third-order valence-electron chi connectivity index (χ3n) is 2.53. The molecular formula is C14H20N2O. The fourth-order valence-electron chi connectivity index (χ4n) is 1.67. The number of carbonyl (C=O) groups excluding carboxylic acids is 1. The van der Waals surface area contributed by atoms with Crippen molar-refractivity contribution in [2.24, 2.45) is 0 Å². The van der Waals surface area contributed by atoms with Gasteiger partial charge < -0.3 is 10.6 Å². The second-order valence-electron chi connectivity index (χ2n) is 4.05. The lowest BCUT2D eigenvalue weighted by molar-refractivity contribution is -0.130.